The van der Waals surface area contributed by atoms with Crippen LogP contribution in [0.1, 0.15) is 25.7 Å². The second-order valence-electron chi connectivity index (χ2n) is 3.81. The van der Waals surface area contributed by atoms with E-state index in [1.807, 2.05) is 0 Å². The molecule has 76 valence electrons. The molecule has 1 aliphatic rings. The predicted molar refractivity (Wildman–Crippen MR) is 50.1 cm³/mol. The summed E-state index contributed by atoms with van der Waals surface area (Å²) >= 11 is 0. The van der Waals surface area contributed by atoms with Crippen molar-refractivity contribution in [3.63, 3.8) is 0 Å². The minimum absolute atomic E-state index is 0.00167. The van der Waals surface area contributed by atoms with E-state index in [0.717, 1.165) is 25.7 Å². The van der Waals surface area contributed by atoms with Crippen molar-refractivity contribution in [3.8, 4) is 0 Å². The van der Waals surface area contributed by atoms with Crippen LogP contribution < -0.4 is 5.73 Å². The summed E-state index contributed by atoms with van der Waals surface area (Å²) in [5.74, 6) is -0.0287. The second-order valence-corrected chi connectivity index (χ2v) is 3.81. The first-order valence-corrected chi connectivity index (χ1v) is 4.75. The van der Waals surface area contributed by atoms with Crippen molar-refractivity contribution >= 4 is 5.91 Å². The molecule has 1 saturated carbocycles. The molecule has 0 saturated heterocycles. The normalized spacial score (nSPS) is 20.2. The van der Waals surface area contributed by atoms with Gasteiger partial charge in [0.25, 0.3) is 0 Å². The molecule has 3 N–H and O–H groups in total. The molecular formula is C9H18N2O2. The Balaban J connectivity index is 2.54. The van der Waals surface area contributed by atoms with E-state index < -0.39 is 5.54 Å². The van der Waals surface area contributed by atoms with Gasteiger partial charge in [-0.15, -0.1) is 0 Å². The number of rotatable bonds is 3. The van der Waals surface area contributed by atoms with Crippen molar-refractivity contribution in [1.82, 2.24) is 4.90 Å². The molecule has 0 aromatic carbocycles. The van der Waals surface area contributed by atoms with E-state index in [0.29, 0.717) is 6.54 Å². The van der Waals surface area contributed by atoms with Gasteiger partial charge in [0.15, 0.2) is 0 Å². The zero-order valence-electron chi connectivity index (χ0n) is 8.12. The fourth-order valence-electron chi connectivity index (χ4n) is 1.85. The van der Waals surface area contributed by atoms with E-state index in [2.05, 4.69) is 0 Å². The lowest BCUT2D eigenvalue weighted by Gasteiger charge is -2.28. The Hall–Kier alpha value is -0.610. The van der Waals surface area contributed by atoms with Crippen molar-refractivity contribution in [2.24, 2.45) is 5.73 Å². The molecule has 0 aliphatic heterocycles. The number of nitrogens with zero attached hydrogens (tertiary/aromatic N) is 1. The summed E-state index contributed by atoms with van der Waals surface area (Å²) in [6.45, 7) is 0.371. The minimum Gasteiger partial charge on any atom is -0.395 e. The van der Waals surface area contributed by atoms with E-state index in [1.165, 1.54) is 4.90 Å². The summed E-state index contributed by atoms with van der Waals surface area (Å²) in [5.41, 5.74) is 5.31. The molecule has 0 aromatic heterocycles. The van der Waals surface area contributed by atoms with Crippen molar-refractivity contribution < 1.29 is 9.90 Å². The highest BCUT2D eigenvalue weighted by Gasteiger charge is 2.38. The summed E-state index contributed by atoms with van der Waals surface area (Å²) in [4.78, 5) is 13.3. The Kier molecular flexibility index (Phi) is 3.27. The molecule has 0 bridgehead atoms. The van der Waals surface area contributed by atoms with Gasteiger partial charge in [0, 0.05) is 13.6 Å². The van der Waals surface area contributed by atoms with Crippen LogP contribution in [-0.4, -0.2) is 41.7 Å². The molecule has 0 aromatic rings. The highest BCUT2D eigenvalue weighted by molar-refractivity contribution is 5.86. The Bertz CT molecular complexity index is 188. The van der Waals surface area contributed by atoms with Gasteiger partial charge in [-0.05, 0) is 12.8 Å². The Morgan fingerprint density at radius 3 is 2.54 bits per heavy atom. The van der Waals surface area contributed by atoms with E-state index in [4.69, 9.17) is 10.8 Å². The summed E-state index contributed by atoms with van der Waals surface area (Å²) in [6.07, 6.45) is 3.63. The first-order valence-electron chi connectivity index (χ1n) is 4.75. The number of aliphatic hydroxyl groups excluding tert-OH is 1. The standard InChI is InChI=1S/C9H18N2O2/c1-11(6-7-12)8(13)9(10)4-2-3-5-9/h12H,2-7,10H2,1H3. The Morgan fingerprint density at radius 2 is 2.08 bits per heavy atom. The first kappa shape index (κ1) is 10.5. The molecule has 0 spiro atoms. The molecule has 0 radical (unpaired) electrons. The van der Waals surface area contributed by atoms with Crippen molar-refractivity contribution in [2.75, 3.05) is 20.2 Å². The van der Waals surface area contributed by atoms with Gasteiger partial charge in [0.2, 0.25) is 5.91 Å². The van der Waals surface area contributed by atoms with Gasteiger partial charge in [-0.25, -0.2) is 0 Å². The summed E-state index contributed by atoms with van der Waals surface area (Å²) in [5, 5.41) is 8.68. The van der Waals surface area contributed by atoms with Crippen LogP contribution in [0.25, 0.3) is 0 Å². The SMILES string of the molecule is CN(CCO)C(=O)C1(N)CCCC1. The fourth-order valence-corrected chi connectivity index (χ4v) is 1.85. The maximum atomic E-state index is 11.7. The number of aliphatic hydroxyl groups is 1. The predicted octanol–water partition coefficient (Wildman–Crippen LogP) is -0.291. The molecule has 4 heteroatoms. The number of hydrogen-bond donors (Lipinski definition) is 2. The Morgan fingerprint density at radius 1 is 1.54 bits per heavy atom. The fraction of sp³-hybridized carbons (Fsp3) is 0.889. The van der Waals surface area contributed by atoms with E-state index >= 15 is 0 Å². The van der Waals surface area contributed by atoms with E-state index in [-0.39, 0.29) is 12.5 Å². The monoisotopic (exact) mass is 186 g/mol. The van der Waals surface area contributed by atoms with Crippen molar-refractivity contribution in [2.45, 2.75) is 31.2 Å². The van der Waals surface area contributed by atoms with Crippen LogP contribution in [0.5, 0.6) is 0 Å². The van der Waals surface area contributed by atoms with Crippen molar-refractivity contribution in [1.29, 1.82) is 0 Å². The molecule has 0 atom stereocenters. The van der Waals surface area contributed by atoms with Gasteiger partial charge in [0.05, 0.1) is 12.1 Å². The van der Waals surface area contributed by atoms with Crippen LogP contribution in [0.2, 0.25) is 0 Å². The summed E-state index contributed by atoms with van der Waals surface area (Å²) in [7, 11) is 1.69. The van der Waals surface area contributed by atoms with E-state index in [9.17, 15) is 4.79 Å². The molecule has 0 heterocycles. The minimum atomic E-state index is -0.649. The average Bonchev–Trinajstić information content (AvgIpc) is 2.52. The van der Waals surface area contributed by atoms with Crippen LogP contribution >= 0.6 is 0 Å². The van der Waals surface area contributed by atoms with Crippen LogP contribution in [0, 0.1) is 0 Å². The molecule has 4 nitrogen and oxygen atoms in total. The number of carbonyl (C=O) groups excluding carboxylic acids is 1. The van der Waals surface area contributed by atoms with Crippen LogP contribution in [0.15, 0.2) is 0 Å². The van der Waals surface area contributed by atoms with Gasteiger partial charge in [-0.1, -0.05) is 12.8 Å². The maximum absolute atomic E-state index is 11.7. The number of carbonyl (C=O) groups is 1. The molecule has 0 unspecified atom stereocenters. The zero-order chi connectivity index (χ0) is 9.90. The molecule has 1 amide bonds. The molecular weight excluding hydrogens is 168 g/mol. The van der Waals surface area contributed by atoms with Gasteiger partial charge in [-0.3, -0.25) is 4.79 Å². The van der Waals surface area contributed by atoms with Crippen LogP contribution in [-0.2, 0) is 4.79 Å². The third kappa shape index (κ3) is 2.19. The number of likely N-dealkylation sites (N-methyl/N-ethyl adjacent to an activating group) is 1. The third-order valence-electron chi connectivity index (χ3n) is 2.70. The molecule has 1 rings (SSSR count). The second kappa shape index (κ2) is 4.07. The first-order chi connectivity index (χ1) is 6.10. The quantitative estimate of drug-likeness (QED) is 0.636. The van der Waals surface area contributed by atoms with Gasteiger partial charge in [0.1, 0.15) is 0 Å². The molecule has 1 aliphatic carbocycles. The smallest absolute Gasteiger partial charge is 0.242 e. The highest BCUT2D eigenvalue weighted by atomic mass is 16.3. The number of nitrogens with two attached hydrogens (primary N) is 1. The lowest BCUT2D eigenvalue weighted by Crippen LogP contribution is -2.52. The van der Waals surface area contributed by atoms with Gasteiger partial charge < -0.3 is 15.7 Å². The summed E-state index contributed by atoms with van der Waals surface area (Å²) in [6, 6.07) is 0. The highest BCUT2D eigenvalue weighted by Crippen LogP contribution is 2.28. The zero-order valence-corrected chi connectivity index (χ0v) is 8.12. The molecule has 13 heavy (non-hydrogen) atoms. The number of hydrogen-bond acceptors (Lipinski definition) is 3. The topological polar surface area (TPSA) is 66.6 Å². The lowest BCUT2D eigenvalue weighted by molar-refractivity contribution is -0.135. The van der Waals surface area contributed by atoms with Gasteiger partial charge >= 0.3 is 0 Å². The third-order valence-corrected chi connectivity index (χ3v) is 2.70. The Labute approximate surface area is 78.7 Å². The van der Waals surface area contributed by atoms with Gasteiger partial charge in [-0.2, -0.15) is 0 Å². The van der Waals surface area contributed by atoms with Crippen LogP contribution in [0.3, 0.4) is 0 Å². The molecule has 1 fully saturated rings. The number of amides is 1. The maximum Gasteiger partial charge on any atom is 0.242 e. The van der Waals surface area contributed by atoms with E-state index in [1.54, 1.807) is 7.05 Å². The lowest BCUT2D eigenvalue weighted by atomic mass is 9.97. The van der Waals surface area contributed by atoms with Crippen molar-refractivity contribution in [3.05, 3.63) is 0 Å². The largest absolute Gasteiger partial charge is 0.395 e. The van der Waals surface area contributed by atoms with Crippen LogP contribution in [0.4, 0.5) is 0 Å². The average molecular weight is 186 g/mol. The summed E-state index contributed by atoms with van der Waals surface area (Å²) < 4.78 is 0.